The molecule has 1 aliphatic rings. The minimum Gasteiger partial charge on any atom is -0.496 e. The van der Waals surface area contributed by atoms with Gasteiger partial charge in [0, 0.05) is 23.7 Å². The molecule has 0 amide bonds. The summed E-state index contributed by atoms with van der Waals surface area (Å²) >= 11 is 0. The molecule has 1 fully saturated rings. The smallest absolute Gasteiger partial charge is 0.129 e. The lowest BCUT2D eigenvalue weighted by atomic mass is 10.1. The molecule has 0 unspecified atom stereocenters. The van der Waals surface area contributed by atoms with Crippen molar-refractivity contribution >= 4 is 0 Å². The third kappa shape index (κ3) is 2.90. The van der Waals surface area contributed by atoms with Gasteiger partial charge in [-0.05, 0) is 25.8 Å². The topological polar surface area (TPSA) is 71.0 Å². The van der Waals surface area contributed by atoms with Crippen molar-refractivity contribution in [1.82, 2.24) is 5.32 Å². The summed E-state index contributed by atoms with van der Waals surface area (Å²) in [5, 5.41) is 22.7. The van der Waals surface area contributed by atoms with Gasteiger partial charge in [-0.1, -0.05) is 6.07 Å². The van der Waals surface area contributed by atoms with E-state index in [2.05, 4.69) is 5.32 Å². The van der Waals surface area contributed by atoms with E-state index in [1.54, 1.807) is 14.2 Å². The van der Waals surface area contributed by atoms with E-state index in [-0.39, 0.29) is 6.04 Å². The Hall–Kier alpha value is -1.30. The fourth-order valence-corrected chi connectivity index (χ4v) is 2.80. The quantitative estimate of drug-likeness (QED) is 0.750. The van der Waals surface area contributed by atoms with E-state index in [1.807, 2.05) is 19.1 Å². The Balaban J connectivity index is 2.08. The molecule has 0 radical (unpaired) electrons. The van der Waals surface area contributed by atoms with Crippen LogP contribution < -0.4 is 14.8 Å². The van der Waals surface area contributed by atoms with Crippen LogP contribution in [-0.4, -0.2) is 42.7 Å². The van der Waals surface area contributed by atoms with E-state index in [4.69, 9.17) is 9.47 Å². The van der Waals surface area contributed by atoms with Crippen LogP contribution in [0.1, 0.15) is 24.0 Å². The Bertz CT molecular complexity index is 463. The highest BCUT2D eigenvalue weighted by Crippen LogP contribution is 2.31. The van der Waals surface area contributed by atoms with Gasteiger partial charge in [0.25, 0.3) is 0 Å². The van der Waals surface area contributed by atoms with E-state index in [9.17, 15) is 10.2 Å². The zero-order chi connectivity index (χ0) is 14.7. The van der Waals surface area contributed by atoms with Crippen molar-refractivity contribution in [2.24, 2.45) is 0 Å². The lowest BCUT2D eigenvalue weighted by Gasteiger charge is -2.20. The van der Waals surface area contributed by atoms with Crippen molar-refractivity contribution in [3.63, 3.8) is 0 Å². The van der Waals surface area contributed by atoms with Crippen LogP contribution >= 0.6 is 0 Å². The zero-order valence-electron chi connectivity index (χ0n) is 12.2. The van der Waals surface area contributed by atoms with Crippen LogP contribution in [0, 0.1) is 6.92 Å². The molecule has 0 aliphatic heterocycles. The highest BCUT2D eigenvalue weighted by Gasteiger charge is 2.32. The largest absolute Gasteiger partial charge is 0.496 e. The molecule has 5 nitrogen and oxygen atoms in total. The number of nitrogens with one attached hydrogen (secondary N) is 1. The Kier molecular flexibility index (Phi) is 4.86. The molecule has 1 saturated carbocycles. The van der Waals surface area contributed by atoms with Gasteiger partial charge in [-0.3, -0.25) is 0 Å². The fourth-order valence-electron chi connectivity index (χ4n) is 2.80. The van der Waals surface area contributed by atoms with E-state index in [1.165, 1.54) is 0 Å². The van der Waals surface area contributed by atoms with Gasteiger partial charge >= 0.3 is 0 Å². The Morgan fingerprint density at radius 2 is 1.95 bits per heavy atom. The summed E-state index contributed by atoms with van der Waals surface area (Å²) in [6.07, 6.45) is 0.101. The molecule has 0 saturated heterocycles. The van der Waals surface area contributed by atoms with Crippen molar-refractivity contribution in [3.05, 3.63) is 23.3 Å². The number of aliphatic hydroxyl groups excluding tert-OH is 2. The average Bonchev–Trinajstić information content (AvgIpc) is 2.76. The first-order valence-corrected chi connectivity index (χ1v) is 6.88. The second-order valence-electron chi connectivity index (χ2n) is 5.21. The minimum absolute atomic E-state index is 0.0721. The second kappa shape index (κ2) is 6.43. The standard InChI is InChI=1S/C15H23NO4/c1-9-13(19-2)7-4-10(15(9)20-3)8-16-11-5-6-12(17)14(11)18/h4,7,11-12,14,16-18H,5-6,8H2,1-3H3/t11-,12-,14+/m1/s1. The van der Waals surface area contributed by atoms with Gasteiger partial charge in [0.05, 0.1) is 26.4 Å². The summed E-state index contributed by atoms with van der Waals surface area (Å²) in [5.74, 6) is 1.59. The molecule has 1 aliphatic carbocycles. The molecule has 2 rings (SSSR count). The van der Waals surface area contributed by atoms with E-state index in [0.29, 0.717) is 13.0 Å². The molecule has 0 bridgehead atoms. The number of aliphatic hydroxyl groups is 2. The molecule has 0 aromatic heterocycles. The van der Waals surface area contributed by atoms with Gasteiger partial charge in [-0.15, -0.1) is 0 Å². The monoisotopic (exact) mass is 281 g/mol. The number of rotatable bonds is 5. The van der Waals surface area contributed by atoms with Gasteiger partial charge < -0.3 is 25.0 Å². The molecule has 20 heavy (non-hydrogen) atoms. The van der Waals surface area contributed by atoms with Crippen LogP contribution in [0.5, 0.6) is 11.5 Å². The van der Waals surface area contributed by atoms with Crippen LogP contribution in [0.2, 0.25) is 0 Å². The Morgan fingerprint density at radius 1 is 1.20 bits per heavy atom. The molecule has 3 N–H and O–H groups in total. The average molecular weight is 281 g/mol. The highest BCUT2D eigenvalue weighted by atomic mass is 16.5. The van der Waals surface area contributed by atoms with Gasteiger partial charge in [0.2, 0.25) is 0 Å². The molecule has 1 aromatic rings. The normalized spacial score (nSPS) is 25.8. The third-order valence-corrected chi connectivity index (χ3v) is 4.00. The summed E-state index contributed by atoms with van der Waals surface area (Å²) in [6, 6.07) is 3.79. The van der Waals surface area contributed by atoms with Crippen LogP contribution in [0.4, 0.5) is 0 Å². The summed E-state index contributed by atoms with van der Waals surface area (Å²) in [6.45, 7) is 2.54. The molecule has 112 valence electrons. The van der Waals surface area contributed by atoms with Gasteiger partial charge in [-0.25, -0.2) is 0 Å². The van der Waals surface area contributed by atoms with E-state index >= 15 is 0 Å². The van der Waals surface area contributed by atoms with Crippen molar-refractivity contribution in [2.75, 3.05) is 14.2 Å². The summed E-state index contributed by atoms with van der Waals surface area (Å²) < 4.78 is 10.7. The van der Waals surface area contributed by atoms with Gasteiger partial charge in [0.15, 0.2) is 0 Å². The number of methoxy groups -OCH3 is 2. The highest BCUT2D eigenvalue weighted by molar-refractivity contribution is 5.49. The van der Waals surface area contributed by atoms with E-state index < -0.39 is 12.2 Å². The number of benzene rings is 1. The first kappa shape index (κ1) is 15.1. The molecule has 5 heteroatoms. The van der Waals surface area contributed by atoms with Crippen LogP contribution in [-0.2, 0) is 6.54 Å². The molecule has 0 spiro atoms. The van der Waals surface area contributed by atoms with Crippen LogP contribution in [0.25, 0.3) is 0 Å². The van der Waals surface area contributed by atoms with Crippen molar-refractivity contribution in [3.8, 4) is 11.5 Å². The summed E-state index contributed by atoms with van der Waals surface area (Å²) in [4.78, 5) is 0. The number of hydrogen-bond acceptors (Lipinski definition) is 5. The molecular formula is C15H23NO4. The fraction of sp³-hybridized carbons (Fsp3) is 0.600. The molecular weight excluding hydrogens is 258 g/mol. The zero-order valence-corrected chi connectivity index (χ0v) is 12.2. The Morgan fingerprint density at radius 3 is 2.50 bits per heavy atom. The van der Waals surface area contributed by atoms with Crippen LogP contribution in [0.15, 0.2) is 12.1 Å². The maximum absolute atomic E-state index is 9.83. The molecule has 0 heterocycles. The molecule has 1 aromatic carbocycles. The van der Waals surface area contributed by atoms with Gasteiger partial charge in [0.1, 0.15) is 11.5 Å². The van der Waals surface area contributed by atoms with Crippen molar-refractivity contribution in [2.45, 2.75) is 44.6 Å². The lowest BCUT2D eigenvalue weighted by Crippen LogP contribution is -2.39. The third-order valence-electron chi connectivity index (χ3n) is 4.00. The van der Waals surface area contributed by atoms with Crippen molar-refractivity contribution < 1.29 is 19.7 Å². The predicted molar refractivity (Wildman–Crippen MR) is 76.2 cm³/mol. The minimum atomic E-state index is -0.694. The maximum atomic E-state index is 9.83. The second-order valence-corrected chi connectivity index (χ2v) is 5.21. The first-order valence-electron chi connectivity index (χ1n) is 6.88. The summed E-state index contributed by atoms with van der Waals surface area (Å²) in [7, 11) is 3.27. The van der Waals surface area contributed by atoms with Gasteiger partial charge in [-0.2, -0.15) is 0 Å². The van der Waals surface area contributed by atoms with E-state index in [0.717, 1.165) is 29.0 Å². The van der Waals surface area contributed by atoms with Crippen molar-refractivity contribution in [1.29, 1.82) is 0 Å². The maximum Gasteiger partial charge on any atom is 0.129 e. The first-order chi connectivity index (χ1) is 9.58. The Labute approximate surface area is 119 Å². The van der Waals surface area contributed by atoms with Crippen LogP contribution in [0.3, 0.4) is 0 Å². The number of ether oxygens (including phenoxy) is 2. The predicted octanol–water partition coefficient (Wildman–Crippen LogP) is 0.986. The SMILES string of the molecule is COc1ccc(CN[C@@H]2CC[C@@H](O)[C@H]2O)c(OC)c1C. The summed E-state index contributed by atoms with van der Waals surface area (Å²) in [5.41, 5.74) is 1.97. The lowest BCUT2D eigenvalue weighted by molar-refractivity contribution is 0.0299. The number of hydrogen-bond donors (Lipinski definition) is 3. The molecule has 3 atom stereocenters.